The van der Waals surface area contributed by atoms with Gasteiger partial charge in [0.1, 0.15) is 17.3 Å². The lowest BCUT2D eigenvalue weighted by Gasteiger charge is -2.36. The Labute approximate surface area is 104 Å². The van der Waals surface area contributed by atoms with E-state index in [-0.39, 0.29) is 17.9 Å². The molecular weight excluding hydrogens is 240 g/mol. The monoisotopic (exact) mass is 252 g/mol. The van der Waals surface area contributed by atoms with Gasteiger partial charge < -0.3 is 10.2 Å². The average Bonchev–Trinajstić information content (AvgIpc) is 2.71. The molecule has 0 radical (unpaired) electrons. The highest BCUT2D eigenvalue weighted by Crippen LogP contribution is 2.30. The first kappa shape index (κ1) is 10.8. The molecule has 90 valence electrons. The standard InChI is InChI=1S/C11H13ClN4O/c12-9-4-10(15-6-14-9)16-3-1-2-7-8(16)5-13-11(7)17/h4,6-8H,1-3,5H2,(H,13,17). The molecule has 1 N–H and O–H groups in total. The minimum absolute atomic E-state index is 0.0949. The Hall–Kier alpha value is -1.36. The predicted molar refractivity (Wildman–Crippen MR) is 63.9 cm³/mol. The van der Waals surface area contributed by atoms with Gasteiger partial charge in [-0.15, -0.1) is 0 Å². The van der Waals surface area contributed by atoms with E-state index in [1.54, 1.807) is 6.07 Å². The molecule has 1 aromatic heterocycles. The number of fused-ring (bicyclic) bond motifs is 1. The number of anilines is 1. The molecule has 2 unspecified atom stereocenters. The smallest absolute Gasteiger partial charge is 0.225 e. The number of hydrogen-bond donors (Lipinski definition) is 1. The van der Waals surface area contributed by atoms with Crippen molar-refractivity contribution in [3.05, 3.63) is 17.5 Å². The van der Waals surface area contributed by atoms with Gasteiger partial charge >= 0.3 is 0 Å². The number of amides is 1. The molecule has 2 saturated heterocycles. The van der Waals surface area contributed by atoms with E-state index in [0.29, 0.717) is 11.7 Å². The van der Waals surface area contributed by atoms with Crippen LogP contribution in [0, 0.1) is 5.92 Å². The summed E-state index contributed by atoms with van der Waals surface area (Å²) in [7, 11) is 0. The molecule has 17 heavy (non-hydrogen) atoms. The number of carbonyl (C=O) groups is 1. The molecule has 0 saturated carbocycles. The van der Waals surface area contributed by atoms with E-state index in [1.165, 1.54) is 6.33 Å². The van der Waals surface area contributed by atoms with Crippen LogP contribution in [0.5, 0.6) is 0 Å². The van der Waals surface area contributed by atoms with Crippen LogP contribution >= 0.6 is 11.6 Å². The lowest BCUT2D eigenvalue weighted by Crippen LogP contribution is -2.46. The fraction of sp³-hybridized carbons (Fsp3) is 0.545. The van der Waals surface area contributed by atoms with Gasteiger partial charge in [-0.25, -0.2) is 9.97 Å². The molecule has 3 rings (SSSR count). The second-order valence-electron chi connectivity index (χ2n) is 4.45. The SMILES string of the molecule is O=C1NCC2C1CCCN2c1cc(Cl)ncn1. The van der Waals surface area contributed by atoms with E-state index in [2.05, 4.69) is 20.2 Å². The largest absolute Gasteiger partial charge is 0.354 e. The fourth-order valence-corrected chi connectivity index (χ4v) is 2.86. The Morgan fingerprint density at radius 3 is 3.18 bits per heavy atom. The second kappa shape index (κ2) is 4.14. The average molecular weight is 253 g/mol. The second-order valence-corrected chi connectivity index (χ2v) is 4.84. The molecule has 2 aliphatic rings. The van der Waals surface area contributed by atoms with Crippen LogP contribution in [0.1, 0.15) is 12.8 Å². The van der Waals surface area contributed by atoms with Crippen molar-refractivity contribution in [3.8, 4) is 0 Å². The number of nitrogens with one attached hydrogen (secondary N) is 1. The first-order valence-corrected chi connectivity index (χ1v) is 6.15. The lowest BCUT2D eigenvalue weighted by atomic mass is 9.91. The first-order chi connectivity index (χ1) is 8.25. The molecule has 1 aromatic rings. The van der Waals surface area contributed by atoms with Crippen LogP contribution in [0.3, 0.4) is 0 Å². The van der Waals surface area contributed by atoms with Gasteiger partial charge in [-0.2, -0.15) is 0 Å². The van der Waals surface area contributed by atoms with Gasteiger partial charge in [0.2, 0.25) is 5.91 Å². The maximum absolute atomic E-state index is 11.7. The quantitative estimate of drug-likeness (QED) is 0.753. The van der Waals surface area contributed by atoms with Crippen molar-refractivity contribution in [2.45, 2.75) is 18.9 Å². The number of nitrogens with zero attached hydrogens (tertiary/aromatic N) is 3. The van der Waals surface area contributed by atoms with Crippen molar-refractivity contribution in [2.24, 2.45) is 5.92 Å². The molecule has 1 amide bonds. The molecule has 6 heteroatoms. The van der Waals surface area contributed by atoms with Crippen LogP contribution in [-0.4, -0.2) is 35.0 Å². The maximum atomic E-state index is 11.7. The van der Waals surface area contributed by atoms with Gasteiger partial charge in [-0.05, 0) is 12.8 Å². The van der Waals surface area contributed by atoms with Crippen LogP contribution < -0.4 is 10.2 Å². The molecule has 2 atom stereocenters. The topological polar surface area (TPSA) is 58.1 Å². The van der Waals surface area contributed by atoms with E-state index in [1.807, 2.05) is 0 Å². The summed E-state index contributed by atoms with van der Waals surface area (Å²) in [6.07, 6.45) is 3.44. The van der Waals surface area contributed by atoms with Gasteiger partial charge in [0.25, 0.3) is 0 Å². The normalized spacial score (nSPS) is 27.8. The van der Waals surface area contributed by atoms with E-state index in [0.717, 1.165) is 25.2 Å². The zero-order valence-electron chi connectivity index (χ0n) is 9.27. The van der Waals surface area contributed by atoms with Crippen LogP contribution in [0.2, 0.25) is 5.15 Å². The maximum Gasteiger partial charge on any atom is 0.225 e. The summed E-state index contributed by atoms with van der Waals surface area (Å²) in [5.41, 5.74) is 0. The predicted octanol–water partition coefficient (Wildman–Crippen LogP) is 0.845. The van der Waals surface area contributed by atoms with Gasteiger partial charge in [-0.1, -0.05) is 11.6 Å². The highest BCUT2D eigenvalue weighted by Gasteiger charge is 2.41. The number of rotatable bonds is 1. The number of piperidine rings is 1. The van der Waals surface area contributed by atoms with Gasteiger partial charge in [-0.3, -0.25) is 4.79 Å². The third-order valence-electron chi connectivity index (χ3n) is 3.51. The van der Waals surface area contributed by atoms with E-state index < -0.39 is 0 Å². The lowest BCUT2D eigenvalue weighted by molar-refractivity contribution is -0.122. The fourth-order valence-electron chi connectivity index (χ4n) is 2.72. The highest BCUT2D eigenvalue weighted by molar-refractivity contribution is 6.29. The molecular formula is C11H13ClN4O. The third kappa shape index (κ3) is 1.84. The number of carbonyl (C=O) groups excluding carboxylic acids is 1. The summed E-state index contributed by atoms with van der Waals surface area (Å²) in [5, 5.41) is 3.36. The van der Waals surface area contributed by atoms with Crippen LogP contribution in [0.25, 0.3) is 0 Å². The highest BCUT2D eigenvalue weighted by atomic mass is 35.5. The van der Waals surface area contributed by atoms with E-state index in [9.17, 15) is 4.79 Å². The zero-order chi connectivity index (χ0) is 11.8. The first-order valence-electron chi connectivity index (χ1n) is 5.77. The van der Waals surface area contributed by atoms with Crippen molar-refractivity contribution in [2.75, 3.05) is 18.0 Å². The van der Waals surface area contributed by atoms with Gasteiger partial charge in [0.05, 0.1) is 12.0 Å². The number of halogens is 1. The van der Waals surface area contributed by atoms with Crippen molar-refractivity contribution >= 4 is 23.3 Å². The Bertz CT molecular complexity index is 453. The molecule has 3 heterocycles. The Morgan fingerprint density at radius 1 is 1.47 bits per heavy atom. The Morgan fingerprint density at radius 2 is 2.35 bits per heavy atom. The minimum atomic E-state index is 0.0949. The Balaban J connectivity index is 1.90. The number of hydrogen-bond acceptors (Lipinski definition) is 4. The van der Waals surface area contributed by atoms with Crippen molar-refractivity contribution in [3.63, 3.8) is 0 Å². The molecule has 2 fully saturated rings. The summed E-state index contributed by atoms with van der Waals surface area (Å²) < 4.78 is 0. The van der Waals surface area contributed by atoms with Crippen LogP contribution in [-0.2, 0) is 4.79 Å². The van der Waals surface area contributed by atoms with Gasteiger partial charge in [0.15, 0.2) is 0 Å². The molecule has 0 spiro atoms. The van der Waals surface area contributed by atoms with E-state index in [4.69, 9.17) is 11.6 Å². The molecule has 0 aromatic carbocycles. The van der Waals surface area contributed by atoms with Crippen LogP contribution in [0.15, 0.2) is 12.4 Å². The number of aromatic nitrogens is 2. The summed E-state index contributed by atoms with van der Waals surface area (Å²) in [4.78, 5) is 21.9. The third-order valence-corrected chi connectivity index (χ3v) is 3.72. The molecule has 0 aliphatic carbocycles. The van der Waals surface area contributed by atoms with Crippen molar-refractivity contribution < 1.29 is 4.79 Å². The zero-order valence-corrected chi connectivity index (χ0v) is 10.0. The minimum Gasteiger partial charge on any atom is -0.354 e. The van der Waals surface area contributed by atoms with Gasteiger partial charge in [0, 0.05) is 19.2 Å². The van der Waals surface area contributed by atoms with Crippen LogP contribution in [0.4, 0.5) is 5.82 Å². The van der Waals surface area contributed by atoms with Crippen molar-refractivity contribution in [1.29, 1.82) is 0 Å². The summed E-state index contributed by atoms with van der Waals surface area (Å²) in [6, 6.07) is 1.97. The summed E-state index contributed by atoms with van der Waals surface area (Å²) >= 11 is 5.88. The van der Waals surface area contributed by atoms with Crippen molar-refractivity contribution in [1.82, 2.24) is 15.3 Å². The van der Waals surface area contributed by atoms with E-state index >= 15 is 0 Å². The Kier molecular flexibility index (Phi) is 2.63. The molecule has 0 bridgehead atoms. The molecule has 5 nitrogen and oxygen atoms in total. The summed E-state index contributed by atoms with van der Waals surface area (Å²) in [5.74, 6) is 1.08. The summed E-state index contributed by atoms with van der Waals surface area (Å²) in [6.45, 7) is 1.62. The molecule has 2 aliphatic heterocycles.